The molecule has 47 heavy (non-hydrogen) atoms. The Morgan fingerprint density at radius 2 is 1.91 bits per heavy atom. The van der Waals surface area contributed by atoms with E-state index in [2.05, 4.69) is 10.4 Å². The molecule has 2 aromatic heterocycles. The molecule has 3 atom stereocenters. The fourth-order valence-electron chi connectivity index (χ4n) is 7.03. The summed E-state index contributed by atoms with van der Waals surface area (Å²) >= 11 is 0. The van der Waals surface area contributed by atoms with Crippen molar-refractivity contribution in [2.45, 2.75) is 63.9 Å². The van der Waals surface area contributed by atoms with Gasteiger partial charge in [0, 0.05) is 43.3 Å². The maximum atomic E-state index is 14.4. The number of halogens is 2. The second kappa shape index (κ2) is 11.0. The van der Waals surface area contributed by atoms with Crippen molar-refractivity contribution < 1.29 is 33.1 Å². The molecule has 5 heterocycles. The average molecular weight is 647 g/mol. The number of amides is 3. The first-order chi connectivity index (χ1) is 22.4. The van der Waals surface area contributed by atoms with Gasteiger partial charge in [-0.1, -0.05) is 6.07 Å². The van der Waals surface area contributed by atoms with Crippen LogP contribution in [0.1, 0.15) is 69.8 Å². The molecule has 0 aliphatic carbocycles. The van der Waals surface area contributed by atoms with E-state index < -0.39 is 63.9 Å². The highest BCUT2D eigenvalue weighted by Crippen LogP contribution is 2.47. The second-order valence-corrected chi connectivity index (χ2v) is 12.7. The van der Waals surface area contributed by atoms with Crippen LogP contribution in [0.25, 0.3) is 10.9 Å². The van der Waals surface area contributed by atoms with Gasteiger partial charge < -0.3 is 19.9 Å². The van der Waals surface area contributed by atoms with Crippen molar-refractivity contribution in [3.63, 3.8) is 0 Å². The molecule has 3 amide bonds. The number of aromatic nitrogens is 3. The van der Waals surface area contributed by atoms with Gasteiger partial charge >= 0.3 is 0 Å². The van der Waals surface area contributed by atoms with Gasteiger partial charge in [-0.3, -0.25) is 28.7 Å². The molecular weight excluding hydrogens is 614 g/mol. The lowest BCUT2D eigenvalue weighted by atomic mass is 9.85. The van der Waals surface area contributed by atoms with E-state index in [0.29, 0.717) is 18.4 Å². The summed E-state index contributed by atoms with van der Waals surface area (Å²) in [6.45, 7) is 3.06. The van der Waals surface area contributed by atoms with E-state index in [9.17, 15) is 33.1 Å². The predicted molar refractivity (Wildman–Crippen MR) is 163 cm³/mol. The van der Waals surface area contributed by atoms with Gasteiger partial charge in [0.2, 0.25) is 11.3 Å². The minimum Gasteiger partial charge on any atom is -0.503 e. The maximum Gasteiger partial charge on any atom is 0.274 e. The summed E-state index contributed by atoms with van der Waals surface area (Å²) in [6.07, 6.45) is 3.71. The number of carbonyl (C=O) groups is 3. The molecule has 2 N–H and O–H groups in total. The van der Waals surface area contributed by atoms with Crippen molar-refractivity contribution in [1.82, 2.24) is 29.6 Å². The number of nitrogens with one attached hydrogen (secondary N) is 1. The smallest absolute Gasteiger partial charge is 0.274 e. The quantitative estimate of drug-likeness (QED) is 0.340. The Balaban J connectivity index is 1.23. The number of rotatable bonds is 5. The number of aromatic hydroxyl groups is 1. The molecule has 0 saturated carbocycles. The number of hydroxylamine groups is 2. The fourth-order valence-corrected chi connectivity index (χ4v) is 7.03. The van der Waals surface area contributed by atoms with Crippen LogP contribution in [0, 0.1) is 18.6 Å². The van der Waals surface area contributed by atoms with Crippen molar-refractivity contribution in [2.75, 3.05) is 6.54 Å². The number of aryl methyl sites for hydroxylation is 2. The highest BCUT2D eigenvalue weighted by atomic mass is 19.1. The number of fused-ring (bicyclic) bond motifs is 6. The predicted octanol–water partition coefficient (Wildman–Crippen LogP) is 3.24. The lowest BCUT2D eigenvalue weighted by Gasteiger charge is -2.42. The van der Waals surface area contributed by atoms with Crippen molar-refractivity contribution in [2.24, 2.45) is 7.05 Å². The number of benzene rings is 2. The highest BCUT2D eigenvalue weighted by Gasteiger charge is 2.56. The van der Waals surface area contributed by atoms with Crippen molar-refractivity contribution in [3.8, 4) is 5.75 Å². The number of nitrogens with zero attached hydrogens (tertiary/aromatic N) is 5. The number of hydrogen-bond donors (Lipinski definition) is 2. The average Bonchev–Trinajstić information content (AvgIpc) is 3.51. The SMILES string of the molecule is Cc1cc(F)c(CNC(=O)c2cn3c(c(O)c2=O)C(=O)N2C[C@@H]3[C@]3(CC[C@@H]2C)CC(=O)N(Cc2ccc4c(cnn4C)c2)O3)c(F)c1. The summed E-state index contributed by atoms with van der Waals surface area (Å²) in [6, 6.07) is 6.91. The van der Waals surface area contributed by atoms with Gasteiger partial charge in [0.1, 0.15) is 22.8 Å². The number of hydrogen-bond acceptors (Lipinski definition) is 7. The molecule has 244 valence electrons. The Bertz CT molecular complexity index is 2040. The lowest BCUT2D eigenvalue weighted by Crippen LogP contribution is -2.52. The number of pyridine rings is 1. The van der Waals surface area contributed by atoms with Crippen LogP contribution < -0.4 is 10.7 Å². The molecule has 3 aliphatic heterocycles. The van der Waals surface area contributed by atoms with Crippen LogP contribution >= 0.6 is 0 Å². The van der Waals surface area contributed by atoms with Gasteiger partial charge in [0.15, 0.2) is 11.4 Å². The summed E-state index contributed by atoms with van der Waals surface area (Å²) < 4.78 is 32.0. The summed E-state index contributed by atoms with van der Waals surface area (Å²) in [4.78, 5) is 61.8. The fraction of sp³-hybridized carbons (Fsp3) is 0.364. The van der Waals surface area contributed by atoms with Crippen LogP contribution in [0.15, 0.2) is 47.5 Å². The van der Waals surface area contributed by atoms with E-state index in [4.69, 9.17) is 4.84 Å². The zero-order valence-electron chi connectivity index (χ0n) is 25.9. The Labute approximate surface area is 267 Å². The van der Waals surface area contributed by atoms with Crippen molar-refractivity contribution >= 4 is 28.6 Å². The van der Waals surface area contributed by atoms with Gasteiger partial charge in [0.25, 0.3) is 11.8 Å². The zero-order chi connectivity index (χ0) is 33.4. The monoisotopic (exact) mass is 646 g/mol. The topological polar surface area (TPSA) is 139 Å². The summed E-state index contributed by atoms with van der Waals surface area (Å²) in [5, 5.41) is 19.9. The maximum absolute atomic E-state index is 14.4. The Morgan fingerprint density at radius 1 is 1.17 bits per heavy atom. The van der Waals surface area contributed by atoms with Crippen LogP contribution in [-0.2, 0) is 29.8 Å². The minimum absolute atomic E-state index is 0.0403. The molecule has 1 spiro atoms. The van der Waals surface area contributed by atoms with Gasteiger partial charge in [-0.2, -0.15) is 5.10 Å². The molecule has 0 unspecified atom stereocenters. The van der Waals surface area contributed by atoms with Crippen molar-refractivity contribution in [3.05, 3.63) is 92.5 Å². The van der Waals surface area contributed by atoms with Gasteiger partial charge in [-0.25, -0.2) is 13.8 Å². The lowest BCUT2D eigenvalue weighted by molar-refractivity contribution is -0.218. The Kier molecular flexibility index (Phi) is 7.15. The normalized spacial score (nSPS) is 22.2. The largest absolute Gasteiger partial charge is 0.503 e. The number of carbonyl (C=O) groups excluding carboxylic acids is 3. The molecule has 2 bridgehead atoms. The molecule has 3 aliphatic rings. The Hall–Kier alpha value is -5.11. The first-order valence-electron chi connectivity index (χ1n) is 15.3. The van der Waals surface area contributed by atoms with E-state index in [1.165, 1.54) is 22.8 Å². The molecule has 2 aromatic carbocycles. The zero-order valence-corrected chi connectivity index (χ0v) is 25.9. The molecule has 7 rings (SSSR count). The highest BCUT2D eigenvalue weighted by molar-refractivity contribution is 5.99. The molecular formula is C33H32F2N6O6. The standard InChI is InChI=1S/C33H32F2N6O6/c1-17-8-23(34)21(24(35)9-17)13-36-31(45)22-15-40-26-16-39(32(46)28(40)30(44)29(22)43)18(2)6-7-33(26)11-27(42)41(47-33)14-19-4-5-25-20(10-19)12-37-38(25)3/h4-5,8-10,12,15,18,26,44H,6-7,11,13-14,16H2,1-3H3,(H,36,45)/t18-,26+,33-/m0/s1. The van der Waals surface area contributed by atoms with Gasteiger partial charge in [0.05, 0.1) is 30.7 Å². The molecule has 2 fully saturated rings. The van der Waals surface area contributed by atoms with E-state index in [0.717, 1.165) is 28.6 Å². The molecule has 2 saturated heterocycles. The van der Waals surface area contributed by atoms with Crippen LogP contribution in [0.5, 0.6) is 5.75 Å². The first-order valence-corrected chi connectivity index (χ1v) is 15.3. The third kappa shape index (κ3) is 4.94. The van der Waals surface area contributed by atoms with E-state index in [-0.39, 0.29) is 37.2 Å². The van der Waals surface area contributed by atoms with Crippen LogP contribution in [0.3, 0.4) is 0 Å². The summed E-state index contributed by atoms with van der Waals surface area (Å²) in [5.41, 5.74) is -1.40. The van der Waals surface area contributed by atoms with Crippen LogP contribution in [0.4, 0.5) is 8.78 Å². The van der Waals surface area contributed by atoms with E-state index in [1.807, 2.05) is 32.2 Å². The van der Waals surface area contributed by atoms with Crippen molar-refractivity contribution in [1.29, 1.82) is 0 Å². The third-order valence-corrected chi connectivity index (χ3v) is 9.62. The van der Waals surface area contributed by atoms with E-state index >= 15 is 0 Å². The van der Waals surface area contributed by atoms with Gasteiger partial charge in [-0.15, -0.1) is 0 Å². The molecule has 12 nitrogen and oxygen atoms in total. The van der Waals surface area contributed by atoms with Gasteiger partial charge in [-0.05, 0) is 62.1 Å². The molecule has 0 radical (unpaired) electrons. The van der Waals surface area contributed by atoms with Crippen LogP contribution in [0.2, 0.25) is 0 Å². The minimum atomic E-state index is -1.17. The first kappa shape index (κ1) is 30.5. The third-order valence-electron chi connectivity index (χ3n) is 9.62. The molecule has 14 heteroatoms. The van der Waals surface area contributed by atoms with Crippen LogP contribution in [-0.4, -0.2) is 65.3 Å². The second-order valence-electron chi connectivity index (χ2n) is 12.7. The molecule has 4 aromatic rings. The summed E-state index contributed by atoms with van der Waals surface area (Å²) in [7, 11) is 1.84. The Morgan fingerprint density at radius 3 is 2.66 bits per heavy atom. The summed E-state index contributed by atoms with van der Waals surface area (Å²) in [5.74, 6) is -4.52. The van der Waals surface area contributed by atoms with E-state index in [1.54, 1.807) is 15.8 Å².